The lowest BCUT2D eigenvalue weighted by Gasteiger charge is -2.06. The topological polar surface area (TPSA) is 65.5 Å². The third kappa shape index (κ3) is 3.92. The number of allylic oxidation sites excluding steroid dienone is 1. The largest absolute Gasteiger partial charge is 0.462 e. The highest BCUT2D eigenvalue weighted by atomic mass is 16.5. The molecule has 0 unspecified atom stereocenters. The van der Waals surface area contributed by atoms with Gasteiger partial charge in [-0.1, -0.05) is 30.3 Å². The molecule has 2 aromatic heterocycles. The molecule has 4 aromatic rings. The van der Waals surface area contributed by atoms with Crippen molar-refractivity contribution in [1.82, 2.24) is 4.98 Å². The highest BCUT2D eigenvalue weighted by Crippen LogP contribution is 2.28. The van der Waals surface area contributed by atoms with E-state index in [1.165, 1.54) is 0 Å². The van der Waals surface area contributed by atoms with Crippen molar-refractivity contribution >= 4 is 22.5 Å². The average Bonchev–Trinajstić information content (AvgIpc) is 3.32. The zero-order chi connectivity index (χ0) is 21.1. The summed E-state index contributed by atoms with van der Waals surface area (Å²) in [6.45, 7) is 5.88. The van der Waals surface area contributed by atoms with Crippen LogP contribution in [0.5, 0.6) is 0 Å². The summed E-state index contributed by atoms with van der Waals surface area (Å²) in [4.78, 5) is 16.8. The molecule has 0 aliphatic carbocycles. The minimum absolute atomic E-state index is 0.324. The smallest absolute Gasteiger partial charge is 0.338 e. The van der Waals surface area contributed by atoms with E-state index >= 15 is 0 Å². The highest BCUT2D eigenvalue weighted by Gasteiger charge is 2.16. The van der Waals surface area contributed by atoms with Crippen LogP contribution in [0.3, 0.4) is 0 Å². The molecule has 0 bridgehead atoms. The molecule has 2 aromatic carbocycles. The van der Waals surface area contributed by atoms with Gasteiger partial charge < -0.3 is 13.6 Å². The van der Waals surface area contributed by atoms with E-state index in [0.717, 1.165) is 39.3 Å². The fourth-order valence-corrected chi connectivity index (χ4v) is 3.43. The summed E-state index contributed by atoms with van der Waals surface area (Å²) >= 11 is 0. The minimum Gasteiger partial charge on any atom is -0.462 e. The first-order valence-electron chi connectivity index (χ1n) is 9.97. The number of oxazole rings is 1. The Morgan fingerprint density at radius 1 is 1.10 bits per heavy atom. The highest BCUT2D eigenvalue weighted by molar-refractivity contribution is 6.17. The van der Waals surface area contributed by atoms with Crippen LogP contribution >= 0.6 is 0 Å². The number of furan rings is 1. The first kappa shape index (κ1) is 19.7. The van der Waals surface area contributed by atoms with Crippen molar-refractivity contribution < 1.29 is 18.4 Å². The van der Waals surface area contributed by atoms with Crippen LogP contribution in [0.1, 0.15) is 36.6 Å². The normalized spacial score (nSPS) is 11.8. The van der Waals surface area contributed by atoms with Gasteiger partial charge in [0.2, 0.25) is 5.89 Å². The van der Waals surface area contributed by atoms with E-state index in [9.17, 15) is 4.79 Å². The summed E-state index contributed by atoms with van der Waals surface area (Å²) in [7, 11) is 0. The number of rotatable bonds is 6. The number of hydrogen-bond donors (Lipinski definition) is 0. The molecule has 0 fully saturated rings. The summed E-state index contributed by atoms with van der Waals surface area (Å²) < 4.78 is 17.0. The molecule has 0 saturated heterocycles. The lowest BCUT2D eigenvalue weighted by atomic mass is 10.0. The van der Waals surface area contributed by atoms with Crippen LogP contribution in [0.15, 0.2) is 69.5 Å². The molecule has 0 spiro atoms. The van der Waals surface area contributed by atoms with Crippen LogP contribution in [-0.2, 0) is 16.0 Å². The third-order valence-corrected chi connectivity index (χ3v) is 4.92. The van der Waals surface area contributed by atoms with E-state index in [4.69, 9.17) is 13.6 Å². The van der Waals surface area contributed by atoms with Gasteiger partial charge in [0.1, 0.15) is 17.1 Å². The Kier molecular flexibility index (Phi) is 5.53. The number of carbonyl (C=O) groups is 1. The standard InChI is InChI=1S/C25H23NO4/c1-4-21(25(27)28-5-2)18-11-12-23-19(13-18)14-20(30-23)15-22-16(3)29-24(26-22)17-9-7-6-8-10-17/h4,6-14H,5,15H2,1-3H3. The van der Waals surface area contributed by atoms with E-state index in [-0.39, 0.29) is 5.97 Å². The van der Waals surface area contributed by atoms with Crippen molar-refractivity contribution in [1.29, 1.82) is 0 Å². The van der Waals surface area contributed by atoms with Crippen LogP contribution in [0, 0.1) is 6.92 Å². The van der Waals surface area contributed by atoms with E-state index in [1.54, 1.807) is 13.0 Å². The molecule has 0 radical (unpaired) electrons. The van der Waals surface area contributed by atoms with Crippen LogP contribution in [-0.4, -0.2) is 17.6 Å². The molecule has 30 heavy (non-hydrogen) atoms. The molecule has 0 atom stereocenters. The van der Waals surface area contributed by atoms with Crippen LogP contribution in [0.25, 0.3) is 28.0 Å². The monoisotopic (exact) mass is 401 g/mol. The molecule has 0 saturated carbocycles. The third-order valence-electron chi connectivity index (χ3n) is 4.92. The molecule has 2 heterocycles. The molecule has 5 heteroatoms. The second-order valence-corrected chi connectivity index (χ2v) is 6.95. The molecular weight excluding hydrogens is 378 g/mol. The first-order valence-corrected chi connectivity index (χ1v) is 9.97. The zero-order valence-electron chi connectivity index (χ0n) is 17.3. The Bertz CT molecular complexity index is 1210. The van der Waals surface area contributed by atoms with Crippen molar-refractivity contribution in [3.8, 4) is 11.5 Å². The van der Waals surface area contributed by atoms with E-state index in [0.29, 0.717) is 24.5 Å². The van der Waals surface area contributed by atoms with Gasteiger partial charge in [0.25, 0.3) is 0 Å². The SMILES string of the molecule is CC=C(C(=O)OCC)c1ccc2oc(Cc3nc(-c4ccccc4)oc3C)cc2c1. The fourth-order valence-electron chi connectivity index (χ4n) is 3.43. The second-order valence-electron chi connectivity index (χ2n) is 6.95. The van der Waals surface area contributed by atoms with Gasteiger partial charge in [0.15, 0.2) is 0 Å². The Hall–Kier alpha value is -3.60. The first-order chi connectivity index (χ1) is 14.6. The van der Waals surface area contributed by atoms with Crippen molar-refractivity contribution in [3.05, 3.63) is 83.5 Å². The number of ether oxygens (including phenoxy) is 1. The predicted octanol–water partition coefficient (Wildman–Crippen LogP) is 5.95. The number of aryl methyl sites for hydroxylation is 1. The minimum atomic E-state index is -0.324. The van der Waals surface area contributed by atoms with Crippen molar-refractivity contribution in [2.24, 2.45) is 0 Å². The van der Waals surface area contributed by atoms with Crippen LogP contribution in [0.4, 0.5) is 0 Å². The quantitative estimate of drug-likeness (QED) is 0.295. The second kappa shape index (κ2) is 8.41. The number of benzene rings is 2. The van der Waals surface area contributed by atoms with Gasteiger partial charge in [-0.25, -0.2) is 9.78 Å². The van der Waals surface area contributed by atoms with Crippen molar-refractivity contribution in [2.75, 3.05) is 6.61 Å². The Labute approximate surface area is 175 Å². The predicted molar refractivity (Wildman–Crippen MR) is 116 cm³/mol. The van der Waals surface area contributed by atoms with Crippen molar-refractivity contribution in [3.63, 3.8) is 0 Å². The number of hydrogen-bond acceptors (Lipinski definition) is 5. The maximum absolute atomic E-state index is 12.2. The summed E-state index contributed by atoms with van der Waals surface area (Å²) in [5.41, 5.74) is 3.89. The molecule has 0 aliphatic heterocycles. The molecule has 152 valence electrons. The van der Waals surface area contributed by atoms with Gasteiger partial charge in [-0.3, -0.25) is 0 Å². The number of esters is 1. The maximum atomic E-state index is 12.2. The van der Waals surface area contributed by atoms with Gasteiger partial charge in [0.05, 0.1) is 24.3 Å². The Morgan fingerprint density at radius 3 is 2.63 bits per heavy atom. The van der Waals surface area contributed by atoms with Crippen LogP contribution in [0.2, 0.25) is 0 Å². The maximum Gasteiger partial charge on any atom is 0.338 e. The molecule has 4 rings (SSSR count). The summed E-state index contributed by atoms with van der Waals surface area (Å²) in [5.74, 6) is 1.84. The fraction of sp³-hybridized carbons (Fsp3) is 0.200. The Morgan fingerprint density at radius 2 is 1.90 bits per heavy atom. The summed E-state index contributed by atoms with van der Waals surface area (Å²) in [5, 5.41) is 0.926. The number of nitrogens with zero attached hydrogens (tertiary/aromatic N) is 1. The van der Waals surface area contributed by atoms with E-state index in [2.05, 4.69) is 4.98 Å². The number of aromatic nitrogens is 1. The van der Waals surface area contributed by atoms with Gasteiger partial charge >= 0.3 is 5.97 Å². The van der Waals surface area contributed by atoms with Gasteiger partial charge in [0, 0.05) is 10.9 Å². The molecule has 0 N–H and O–H groups in total. The summed E-state index contributed by atoms with van der Waals surface area (Å²) in [6, 6.07) is 17.5. The Balaban J connectivity index is 1.61. The van der Waals surface area contributed by atoms with Gasteiger partial charge in [-0.2, -0.15) is 0 Å². The lowest BCUT2D eigenvalue weighted by Crippen LogP contribution is -2.06. The van der Waals surface area contributed by atoms with E-state index in [1.807, 2.05) is 68.4 Å². The molecular formula is C25H23NO4. The number of fused-ring (bicyclic) bond motifs is 1. The zero-order valence-corrected chi connectivity index (χ0v) is 17.3. The molecule has 0 aliphatic rings. The molecule has 0 amide bonds. The summed E-state index contributed by atoms with van der Waals surface area (Å²) in [6.07, 6.45) is 2.30. The van der Waals surface area contributed by atoms with Gasteiger partial charge in [-0.15, -0.1) is 0 Å². The van der Waals surface area contributed by atoms with Crippen molar-refractivity contribution in [2.45, 2.75) is 27.2 Å². The van der Waals surface area contributed by atoms with Crippen LogP contribution < -0.4 is 0 Å². The lowest BCUT2D eigenvalue weighted by molar-refractivity contribution is -0.136. The molecule has 5 nitrogen and oxygen atoms in total. The average molecular weight is 401 g/mol. The van der Waals surface area contributed by atoms with Gasteiger partial charge in [-0.05, 0) is 56.7 Å². The number of carbonyl (C=O) groups excluding carboxylic acids is 1. The van der Waals surface area contributed by atoms with E-state index < -0.39 is 0 Å².